The normalized spacial score (nSPS) is 11.0. The van der Waals surface area contributed by atoms with Crippen molar-refractivity contribution in [1.29, 1.82) is 0 Å². The van der Waals surface area contributed by atoms with E-state index in [4.69, 9.17) is 4.42 Å². The molecule has 2 aromatic heterocycles. The molecule has 0 unspecified atom stereocenters. The van der Waals surface area contributed by atoms with E-state index < -0.39 is 0 Å². The molecule has 0 spiro atoms. The lowest BCUT2D eigenvalue weighted by molar-refractivity contribution is 0.103. The monoisotopic (exact) mass is 303 g/mol. The van der Waals surface area contributed by atoms with Crippen LogP contribution in [0.5, 0.6) is 0 Å². The molecule has 4 heteroatoms. The van der Waals surface area contributed by atoms with Gasteiger partial charge in [0.25, 0.3) is 0 Å². The first-order valence-electron chi connectivity index (χ1n) is 5.53. The van der Waals surface area contributed by atoms with Crippen LogP contribution in [0.15, 0.2) is 45.6 Å². The van der Waals surface area contributed by atoms with E-state index in [1.54, 1.807) is 19.2 Å². The Morgan fingerprint density at radius 1 is 1.28 bits per heavy atom. The second-order valence-corrected chi connectivity index (χ2v) is 4.94. The highest BCUT2D eigenvalue weighted by Crippen LogP contribution is 2.29. The highest BCUT2D eigenvalue weighted by molar-refractivity contribution is 9.10. The van der Waals surface area contributed by atoms with Crippen molar-refractivity contribution in [2.24, 2.45) is 0 Å². The van der Waals surface area contributed by atoms with Crippen LogP contribution in [-0.2, 0) is 0 Å². The van der Waals surface area contributed by atoms with E-state index in [0.717, 1.165) is 15.4 Å². The van der Waals surface area contributed by atoms with E-state index in [2.05, 4.69) is 20.9 Å². The Morgan fingerprint density at radius 3 is 2.83 bits per heavy atom. The summed E-state index contributed by atoms with van der Waals surface area (Å²) in [5.41, 5.74) is 2.20. The van der Waals surface area contributed by atoms with Crippen LogP contribution in [-0.4, -0.2) is 10.8 Å². The highest BCUT2D eigenvalue weighted by atomic mass is 79.9. The summed E-state index contributed by atoms with van der Waals surface area (Å²) in [5, 5.41) is 0.906. The average molecular weight is 304 g/mol. The number of furan rings is 1. The SMILES string of the molecule is Cc1occc1C(=O)c1c[nH]c2cccc(Br)c12. The van der Waals surface area contributed by atoms with Gasteiger partial charge in [-0.15, -0.1) is 0 Å². The van der Waals surface area contributed by atoms with Gasteiger partial charge in [-0.05, 0) is 25.1 Å². The number of aryl methyl sites for hydroxylation is 1. The molecule has 0 saturated heterocycles. The minimum absolute atomic E-state index is 0.0283. The molecule has 3 aromatic rings. The number of aromatic nitrogens is 1. The predicted octanol–water partition coefficient (Wildman–Crippen LogP) is 4.06. The summed E-state index contributed by atoms with van der Waals surface area (Å²) in [5.74, 6) is 0.612. The number of carbonyl (C=O) groups excluding carboxylic acids is 1. The van der Waals surface area contributed by atoms with Crippen molar-refractivity contribution < 1.29 is 9.21 Å². The Labute approximate surface area is 112 Å². The Hall–Kier alpha value is -1.81. The Bertz CT molecular complexity index is 739. The summed E-state index contributed by atoms with van der Waals surface area (Å²) >= 11 is 3.48. The van der Waals surface area contributed by atoms with Crippen LogP contribution in [0.1, 0.15) is 21.7 Å². The van der Waals surface area contributed by atoms with E-state index in [1.807, 2.05) is 18.2 Å². The lowest BCUT2D eigenvalue weighted by Crippen LogP contribution is -2.00. The number of rotatable bonds is 2. The van der Waals surface area contributed by atoms with Gasteiger partial charge in [0.1, 0.15) is 5.76 Å². The summed E-state index contributed by atoms with van der Waals surface area (Å²) in [6.07, 6.45) is 3.27. The van der Waals surface area contributed by atoms with Crippen LogP contribution in [0.3, 0.4) is 0 Å². The number of ketones is 1. The first-order chi connectivity index (χ1) is 8.68. The number of halogens is 1. The molecule has 0 fully saturated rings. The third-order valence-corrected chi connectivity index (χ3v) is 3.66. The van der Waals surface area contributed by atoms with Gasteiger partial charge in [0, 0.05) is 27.1 Å². The highest BCUT2D eigenvalue weighted by Gasteiger charge is 2.18. The van der Waals surface area contributed by atoms with Gasteiger partial charge in [0.15, 0.2) is 5.78 Å². The fourth-order valence-electron chi connectivity index (χ4n) is 2.08. The predicted molar refractivity (Wildman–Crippen MR) is 72.9 cm³/mol. The molecule has 0 bridgehead atoms. The van der Waals surface area contributed by atoms with Gasteiger partial charge in [-0.2, -0.15) is 0 Å². The molecule has 1 N–H and O–H groups in total. The van der Waals surface area contributed by atoms with Crippen molar-refractivity contribution in [1.82, 2.24) is 4.98 Å². The van der Waals surface area contributed by atoms with Gasteiger partial charge in [0.05, 0.1) is 11.8 Å². The van der Waals surface area contributed by atoms with Gasteiger partial charge in [-0.1, -0.05) is 22.0 Å². The van der Waals surface area contributed by atoms with Crippen LogP contribution in [0, 0.1) is 6.92 Å². The molecule has 3 nitrogen and oxygen atoms in total. The van der Waals surface area contributed by atoms with Gasteiger partial charge >= 0.3 is 0 Å². The summed E-state index contributed by atoms with van der Waals surface area (Å²) in [6, 6.07) is 7.50. The largest absolute Gasteiger partial charge is 0.469 e. The Balaban J connectivity index is 2.22. The lowest BCUT2D eigenvalue weighted by atomic mass is 10.0. The zero-order valence-electron chi connectivity index (χ0n) is 9.66. The van der Waals surface area contributed by atoms with Crippen molar-refractivity contribution in [2.45, 2.75) is 6.92 Å². The van der Waals surface area contributed by atoms with Crippen LogP contribution >= 0.6 is 15.9 Å². The molecule has 0 radical (unpaired) electrons. The topological polar surface area (TPSA) is 46.0 Å². The van der Waals surface area contributed by atoms with E-state index in [9.17, 15) is 4.79 Å². The Morgan fingerprint density at radius 2 is 2.11 bits per heavy atom. The number of aromatic amines is 1. The van der Waals surface area contributed by atoms with Crippen molar-refractivity contribution >= 4 is 32.6 Å². The van der Waals surface area contributed by atoms with Crippen molar-refractivity contribution in [3.8, 4) is 0 Å². The van der Waals surface area contributed by atoms with Crippen molar-refractivity contribution in [2.75, 3.05) is 0 Å². The summed E-state index contributed by atoms with van der Waals surface area (Å²) < 4.78 is 6.09. The molecule has 2 heterocycles. The fourth-order valence-corrected chi connectivity index (χ4v) is 2.66. The number of hydrogen-bond donors (Lipinski definition) is 1. The zero-order valence-corrected chi connectivity index (χ0v) is 11.2. The van der Waals surface area contributed by atoms with Crippen LogP contribution in [0.4, 0.5) is 0 Å². The second kappa shape index (κ2) is 4.14. The van der Waals surface area contributed by atoms with Crippen LogP contribution in [0.2, 0.25) is 0 Å². The number of benzene rings is 1. The molecule has 90 valence electrons. The summed E-state index contributed by atoms with van der Waals surface area (Å²) in [4.78, 5) is 15.6. The molecule has 0 aliphatic heterocycles. The molecule has 0 aliphatic rings. The quantitative estimate of drug-likeness (QED) is 0.726. The maximum atomic E-state index is 12.5. The Kier molecular flexibility index (Phi) is 2.59. The minimum atomic E-state index is -0.0283. The van der Waals surface area contributed by atoms with E-state index in [1.165, 1.54) is 6.26 Å². The minimum Gasteiger partial charge on any atom is -0.469 e. The third-order valence-electron chi connectivity index (χ3n) is 3.00. The van der Waals surface area contributed by atoms with Crippen LogP contribution < -0.4 is 0 Å². The summed E-state index contributed by atoms with van der Waals surface area (Å²) in [6.45, 7) is 1.79. The maximum absolute atomic E-state index is 12.5. The molecule has 3 rings (SSSR count). The molecular formula is C14H10BrNO2. The zero-order chi connectivity index (χ0) is 12.7. The molecule has 1 aromatic carbocycles. The number of hydrogen-bond acceptors (Lipinski definition) is 2. The molecular weight excluding hydrogens is 294 g/mol. The molecule has 18 heavy (non-hydrogen) atoms. The van der Waals surface area contributed by atoms with E-state index >= 15 is 0 Å². The summed E-state index contributed by atoms with van der Waals surface area (Å²) in [7, 11) is 0. The number of H-pyrrole nitrogens is 1. The molecule has 0 aliphatic carbocycles. The molecule has 0 atom stereocenters. The van der Waals surface area contributed by atoms with Crippen molar-refractivity contribution in [3.63, 3.8) is 0 Å². The van der Waals surface area contributed by atoms with Gasteiger partial charge in [0.2, 0.25) is 0 Å². The molecule has 0 saturated carbocycles. The first-order valence-corrected chi connectivity index (χ1v) is 6.32. The third kappa shape index (κ3) is 1.61. The van der Waals surface area contributed by atoms with Gasteiger partial charge < -0.3 is 9.40 Å². The number of nitrogens with one attached hydrogen (secondary N) is 1. The van der Waals surface area contributed by atoms with E-state index in [-0.39, 0.29) is 5.78 Å². The van der Waals surface area contributed by atoms with Gasteiger partial charge in [-0.25, -0.2) is 0 Å². The maximum Gasteiger partial charge on any atom is 0.198 e. The smallest absolute Gasteiger partial charge is 0.198 e. The average Bonchev–Trinajstić information content (AvgIpc) is 2.95. The number of carbonyl (C=O) groups is 1. The first kappa shape index (κ1) is 11.3. The second-order valence-electron chi connectivity index (χ2n) is 4.08. The van der Waals surface area contributed by atoms with Gasteiger partial charge in [-0.3, -0.25) is 4.79 Å². The van der Waals surface area contributed by atoms with Crippen LogP contribution in [0.25, 0.3) is 10.9 Å². The lowest BCUT2D eigenvalue weighted by Gasteiger charge is -1.99. The fraction of sp³-hybridized carbons (Fsp3) is 0.0714. The molecule has 0 amide bonds. The van der Waals surface area contributed by atoms with E-state index in [0.29, 0.717) is 16.9 Å². The number of fused-ring (bicyclic) bond motifs is 1. The van der Waals surface area contributed by atoms with Crippen molar-refractivity contribution in [3.05, 3.63) is 58.1 Å². The standard InChI is InChI=1S/C14H10BrNO2/c1-8-9(5-6-18-8)14(17)10-7-16-12-4-2-3-11(15)13(10)12/h2-7,16H,1H3.